The van der Waals surface area contributed by atoms with E-state index in [-0.39, 0.29) is 17.2 Å². The molecule has 1 amide bonds. The molecule has 1 atom stereocenters. The van der Waals surface area contributed by atoms with Gasteiger partial charge in [0.05, 0.1) is 17.6 Å². The Morgan fingerprint density at radius 1 is 1.57 bits per heavy atom. The van der Waals surface area contributed by atoms with Gasteiger partial charge in [0.1, 0.15) is 5.25 Å². The number of carboxylic acids is 1. The Morgan fingerprint density at radius 2 is 2.30 bits per heavy atom. The molecule has 1 unspecified atom stereocenters. The van der Waals surface area contributed by atoms with Crippen molar-refractivity contribution in [3.63, 3.8) is 0 Å². The van der Waals surface area contributed by atoms with Crippen molar-refractivity contribution in [2.75, 3.05) is 0 Å². The molecule has 0 radical (unpaired) electrons. The molecule has 1 aromatic carbocycles. The van der Waals surface area contributed by atoms with E-state index < -0.39 is 33.6 Å². The van der Waals surface area contributed by atoms with E-state index in [1.54, 1.807) is 0 Å². The van der Waals surface area contributed by atoms with E-state index >= 15 is 0 Å². The number of hydrogen-bond donors (Lipinski definition) is 2. The van der Waals surface area contributed by atoms with Crippen LogP contribution in [-0.2, 0) is 9.59 Å². The third-order valence-electron chi connectivity index (χ3n) is 2.66. The Kier molecular flexibility index (Phi) is 5.01. The molecule has 1 aliphatic heterocycles. The summed E-state index contributed by atoms with van der Waals surface area (Å²) in [5.74, 6) is -2.56. The topological polar surface area (TPSA) is 134 Å². The summed E-state index contributed by atoms with van der Waals surface area (Å²) in [5, 5.41) is 28.3. The Hall–Kier alpha value is -2.82. The van der Waals surface area contributed by atoms with Gasteiger partial charge in [-0.3, -0.25) is 19.7 Å². The number of carbonyl (C=O) groups is 2. The number of thioether (sulfide) groups is 1. The Morgan fingerprint density at radius 3 is 2.96 bits per heavy atom. The van der Waals surface area contributed by atoms with Gasteiger partial charge in [0.25, 0.3) is 0 Å². The van der Waals surface area contributed by atoms with Gasteiger partial charge >= 0.3 is 11.7 Å². The van der Waals surface area contributed by atoms with Gasteiger partial charge in [0.15, 0.2) is 5.17 Å². The van der Waals surface area contributed by atoms with Crippen molar-refractivity contribution in [2.24, 2.45) is 10.2 Å². The zero-order valence-electron chi connectivity index (χ0n) is 11.3. The van der Waals surface area contributed by atoms with Crippen LogP contribution >= 0.6 is 11.8 Å². The second-order valence-corrected chi connectivity index (χ2v) is 5.50. The summed E-state index contributed by atoms with van der Waals surface area (Å²) in [6, 6.07) is 3.20. The number of amidine groups is 1. The van der Waals surface area contributed by atoms with Crippen molar-refractivity contribution < 1.29 is 24.0 Å². The molecule has 23 heavy (non-hydrogen) atoms. The highest BCUT2D eigenvalue weighted by atomic mass is 32.2. The first kappa shape index (κ1) is 16.5. The summed E-state index contributed by atoms with van der Waals surface area (Å²) < 4.78 is 13.2. The average Bonchev–Trinajstić information content (AvgIpc) is 2.80. The van der Waals surface area contributed by atoms with Crippen molar-refractivity contribution in [3.05, 3.63) is 39.7 Å². The second kappa shape index (κ2) is 6.96. The van der Waals surface area contributed by atoms with Gasteiger partial charge in [-0.15, -0.1) is 5.10 Å². The van der Waals surface area contributed by atoms with E-state index in [0.29, 0.717) is 0 Å². The second-order valence-electron chi connectivity index (χ2n) is 4.31. The largest absolute Gasteiger partial charge is 0.481 e. The predicted octanol–water partition coefficient (Wildman–Crippen LogP) is 1.13. The third-order valence-corrected chi connectivity index (χ3v) is 3.73. The molecule has 11 heteroatoms. The molecule has 9 nitrogen and oxygen atoms in total. The smallest absolute Gasteiger partial charge is 0.305 e. The van der Waals surface area contributed by atoms with E-state index in [2.05, 4.69) is 15.5 Å². The number of nitro benzene ring substituents is 1. The number of amides is 1. The van der Waals surface area contributed by atoms with Gasteiger partial charge < -0.3 is 10.4 Å². The Bertz CT molecular complexity index is 736. The first-order chi connectivity index (χ1) is 10.9. The summed E-state index contributed by atoms with van der Waals surface area (Å²) in [6.07, 6.45) is 0.806. The Balaban J connectivity index is 2.07. The van der Waals surface area contributed by atoms with Gasteiger partial charge in [-0.1, -0.05) is 11.8 Å². The molecule has 1 heterocycles. The maximum absolute atomic E-state index is 13.2. The van der Waals surface area contributed by atoms with Crippen molar-refractivity contribution in [1.29, 1.82) is 0 Å². The van der Waals surface area contributed by atoms with E-state index in [4.69, 9.17) is 5.11 Å². The molecular weight excluding hydrogens is 331 g/mol. The predicted molar refractivity (Wildman–Crippen MR) is 79.9 cm³/mol. The lowest BCUT2D eigenvalue weighted by Crippen LogP contribution is -2.26. The summed E-state index contributed by atoms with van der Waals surface area (Å²) in [4.78, 5) is 31.8. The lowest BCUT2D eigenvalue weighted by atomic mass is 10.2. The molecule has 1 aliphatic rings. The summed E-state index contributed by atoms with van der Waals surface area (Å²) in [7, 11) is 0. The molecule has 0 spiro atoms. The maximum Gasteiger partial charge on any atom is 0.305 e. The number of carboxylic acid groups (broad SMARTS) is 1. The van der Waals surface area contributed by atoms with Crippen molar-refractivity contribution in [3.8, 4) is 0 Å². The third kappa shape index (κ3) is 4.32. The highest BCUT2D eigenvalue weighted by Gasteiger charge is 2.32. The number of benzene rings is 1. The van der Waals surface area contributed by atoms with Gasteiger partial charge in [-0.2, -0.15) is 9.49 Å². The van der Waals surface area contributed by atoms with Crippen LogP contribution in [0.25, 0.3) is 0 Å². The van der Waals surface area contributed by atoms with Crippen LogP contribution < -0.4 is 5.32 Å². The number of nitrogens with one attached hydrogen (secondary N) is 1. The van der Waals surface area contributed by atoms with E-state index in [9.17, 15) is 24.1 Å². The molecule has 0 aliphatic carbocycles. The van der Waals surface area contributed by atoms with E-state index in [1.807, 2.05) is 0 Å². The fourth-order valence-corrected chi connectivity index (χ4v) is 2.56. The number of carbonyl (C=O) groups excluding carboxylic acids is 1. The highest BCUT2D eigenvalue weighted by Crippen LogP contribution is 2.22. The summed E-state index contributed by atoms with van der Waals surface area (Å²) in [6.45, 7) is 0. The average molecular weight is 340 g/mol. The van der Waals surface area contributed by atoms with Crippen LogP contribution in [0.5, 0.6) is 0 Å². The van der Waals surface area contributed by atoms with Crippen LogP contribution in [0.4, 0.5) is 10.1 Å². The first-order valence-corrected chi connectivity index (χ1v) is 6.99. The standard InChI is InChI=1S/C12H9FN4O5S/c13-7-2-1-6(3-8(7)17(21)22)5-14-16-12-15-11(20)9(23-12)4-10(18)19/h1-3,5,9H,4H2,(H,18,19)(H,15,16,20). The van der Waals surface area contributed by atoms with Crippen LogP contribution in [-0.4, -0.2) is 38.5 Å². The number of rotatable bonds is 5. The highest BCUT2D eigenvalue weighted by molar-refractivity contribution is 8.15. The van der Waals surface area contributed by atoms with Crippen LogP contribution in [0, 0.1) is 15.9 Å². The summed E-state index contributed by atoms with van der Waals surface area (Å²) >= 11 is 0.919. The summed E-state index contributed by atoms with van der Waals surface area (Å²) in [5.41, 5.74) is -0.439. The number of halogens is 1. The minimum absolute atomic E-state index is 0.120. The van der Waals surface area contributed by atoms with Crippen LogP contribution in [0.3, 0.4) is 0 Å². The number of aliphatic carboxylic acids is 1. The molecule has 0 saturated carbocycles. The van der Waals surface area contributed by atoms with E-state index in [1.165, 1.54) is 6.07 Å². The SMILES string of the molecule is O=C(O)CC1SC(=NN=Cc2ccc(F)c([N+](=O)[O-])c2)NC1=O. The molecule has 2 rings (SSSR count). The zero-order valence-corrected chi connectivity index (χ0v) is 12.1. The van der Waals surface area contributed by atoms with Gasteiger partial charge in [-0.05, 0) is 12.1 Å². The van der Waals surface area contributed by atoms with Crippen molar-refractivity contribution in [1.82, 2.24) is 5.32 Å². The van der Waals surface area contributed by atoms with Crippen LogP contribution in [0.15, 0.2) is 28.4 Å². The molecular formula is C12H9FN4O5S. The number of nitro groups is 1. The minimum atomic E-state index is -1.11. The molecule has 1 saturated heterocycles. The normalized spacial score (nSPS) is 19.3. The zero-order chi connectivity index (χ0) is 17.0. The Labute approximate surface area is 132 Å². The maximum atomic E-state index is 13.2. The van der Waals surface area contributed by atoms with Gasteiger partial charge in [0, 0.05) is 11.6 Å². The molecule has 2 N–H and O–H groups in total. The number of hydrogen-bond acceptors (Lipinski definition) is 7. The van der Waals surface area contributed by atoms with Crippen LogP contribution in [0.1, 0.15) is 12.0 Å². The lowest BCUT2D eigenvalue weighted by Gasteiger charge is -1.97. The molecule has 1 fully saturated rings. The molecule has 120 valence electrons. The van der Waals surface area contributed by atoms with E-state index in [0.717, 1.165) is 30.1 Å². The molecule has 0 aromatic heterocycles. The lowest BCUT2D eigenvalue weighted by molar-refractivity contribution is -0.387. The van der Waals surface area contributed by atoms with Crippen molar-refractivity contribution >= 4 is 40.7 Å². The quantitative estimate of drug-likeness (QED) is 0.469. The fourth-order valence-electron chi connectivity index (χ4n) is 1.64. The monoisotopic (exact) mass is 340 g/mol. The van der Waals surface area contributed by atoms with Gasteiger partial charge in [-0.25, -0.2) is 0 Å². The van der Waals surface area contributed by atoms with Crippen molar-refractivity contribution in [2.45, 2.75) is 11.7 Å². The minimum Gasteiger partial charge on any atom is -0.481 e. The fraction of sp³-hybridized carbons (Fsp3) is 0.167. The first-order valence-electron chi connectivity index (χ1n) is 6.11. The van der Waals surface area contributed by atoms with Gasteiger partial charge in [0.2, 0.25) is 11.7 Å². The van der Waals surface area contributed by atoms with Crippen LogP contribution in [0.2, 0.25) is 0 Å². The molecule has 1 aromatic rings. The molecule has 0 bridgehead atoms. The number of nitrogens with zero attached hydrogens (tertiary/aromatic N) is 3.